The van der Waals surface area contributed by atoms with Gasteiger partial charge in [0.05, 0.1) is 17.2 Å². The van der Waals surface area contributed by atoms with Crippen LogP contribution >= 0.6 is 11.6 Å². The van der Waals surface area contributed by atoms with Gasteiger partial charge >= 0.3 is 0 Å². The van der Waals surface area contributed by atoms with Crippen LogP contribution in [0.25, 0.3) is 0 Å². The van der Waals surface area contributed by atoms with Crippen molar-refractivity contribution in [3.8, 4) is 0 Å². The molecule has 1 heterocycles. The summed E-state index contributed by atoms with van der Waals surface area (Å²) in [5.74, 6) is 0.802. The van der Waals surface area contributed by atoms with Crippen LogP contribution in [0.2, 0.25) is 5.02 Å². The third kappa shape index (κ3) is 3.52. The lowest BCUT2D eigenvalue weighted by molar-refractivity contribution is 0.158. The van der Waals surface area contributed by atoms with E-state index < -0.39 is 0 Å². The van der Waals surface area contributed by atoms with Crippen molar-refractivity contribution in [1.82, 2.24) is 4.98 Å². The summed E-state index contributed by atoms with van der Waals surface area (Å²) in [5.41, 5.74) is -0.129. The zero-order chi connectivity index (χ0) is 10.6. The Labute approximate surface area is 89.4 Å². The van der Waals surface area contributed by atoms with E-state index in [1.807, 2.05) is 19.9 Å². The van der Waals surface area contributed by atoms with Gasteiger partial charge in [0.25, 0.3) is 0 Å². The van der Waals surface area contributed by atoms with Crippen LogP contribution < -0.4 is 5.32 Å². The van der Waals surface area contributed by atoms with Gasteiger partial charge in [-0.2, -0.15) is 0 Å². The number of rotatable bonds is 4. The van der Waals surface area contributed by atoms with Gasteiger partial charge in [-0.05, 0) is 26.0 Å². The maximum atomic E-state index is 5.73. The molecule has 78 valence electrons. The van der Waals surface area contributed by atoms with Crippen molar-refractivity contribution in [2.24, 2.45) is 0 Å². The number of hydrogen-bond acceptors (Lipinski definition) is 3. The minimum Gasteiger partial charge on any atom is -0.382 e. The van der Waals surface area contributed by atoms with E-state index in [-0.39, 0.29) is 5.54 Å². The first-order valence-corrected chi connectivity index (χ1v) is 4.80. The molecular formula is C10H15ClN2O. The second-order valence-corrected chi connectivity index (χ2v) is 4.24. The van der Waals surface area contributed by atoms with Crippen molar-refractivity contribution in [2.75, 3.05) is 19.0 Å². The zero-order valence-electron chi connectivity index (χ0n) is 8.67. The van der Waals surface area contributed by atoms with E-state index in [9.17, 15) is 0 Å². The highest BCUT2D eigenvalue weighted by atomic mass is 35.5. The summed E-state index contributed by atoms with van der Waals surface area (Å²) < 4.78 is 5.09. The van der Waals surface area contributed by atoms with Crippen molar-refractivity contribution in [3.05, 3.63) is 23.4 Å². The third-order valence-electron chi connectivity index (χ3n) is 1.70. The average Bonchev–Trinajstić information content (AvgIpc) is 2.08. The van der Waals surface area contributed by atoms with Gasteiger partial charge in [-0.15, -0.1) is 0 Å². The number of halogens is 1. The number of nitrogens with one attached hydrogen (secondary N) is 1. The monoisotopic (exact) mass is 214 g/mol. The molecule has 0 bridgehead atoms. The Morgan fingerprint density at radius 3 is 2.71 bits per heavy atom. The van der Waals surface area contributed by atoms with E-state index in [1.165, 1.54) is 0 Å². The maximum absolute atomic E-state index is 5.73. The molecular weight excluding hydrogens is 200 g/mol. The molecule has 0 spiro atoms. The first-order valence-electron chi connectivity index (χ1n) is 4.42. The molecule has 0 amide bonds. The van der Waals surface area contributed by atoms with Gasteiger partial charge in [0.2, 0.25) is 0 Å². The molecule has 0 radical (unpaired) electrons. The van der Waals surface area contributed by atoms with Gasteiger partial charge in [0, 0.05) is 13.3 Å². The van der Waals surface area contributed by atoms with Gasteiger partial charge in [0.1, 0.15) is 5.82 Å². The molecule has 1 aromatic heterocycles. The predicted molar refractivity (Wildman–Crippen MR) is 58.8 cm³/mol. The quantitative estimate of drug-likeness (QED) is 0.837. The van der Waals surface area contributed by atoms with E-state index >= 15 is 0 Å². The van der Waals surface area contributed by atoms with Crippen molar-refractivity contribution in [1.29, 1.82) is 0 Å². The predicted octanol–water partition coefficient (Wildman–Crippen LogP) is 2.57. The largest absolute Gasteiger partial charge is 0.382 e. The summed E-state index contributed by atoms with van der Waals surface area (Å²) >= 11 is 5.73. The van der Waals surface area contributed by atoms with Gasteiger partial charge in [-0.1, -0.05) is 11.6 Å². The van der Waals surface area contributed by atoms with Gasteiger partial charge < -0.3 is 10.1 Å². The lowest BCUT2D eigenvalue weighted by Gasteiger charge is -2.25. The molecule has 3 nitrogen and oxygen atoms in total. The first kappa shape index (κ1) is 11.3. The van der Waals surface area contributed by atoms with Crippen LogP contribution in [0.3, 0.4) is 0 Å². The highest BCUT2D eigenvalue weighted by Gasteiger charge is 2.17. The highest BCUT2D eigenvalue weighted by Crippen LogP contribution is 2.14. The van der Waals surface area contributed by atoms with E-state index in [1.54, 1.807) is 19.4 Å². The lowest BCUT2D eigenvalue weighted by Crippen LogP contribution is -2.36. The van der Waals surface area contributed by atoms with Crippen LogP contribution in [-0.2, 0) is 4.74 Å². The molecule has 0 unspecified atom stereocenters. The smallest absolute Gasteiger partial charge is 0.126 e. The Morgan fingerprint density at radius 1 is 1.50 bits per heavy atom. The number of ether oxygens (including phenoxy) is 1. The van der Waals surface area contributed by atoms with E-state index in [4.69, 9.17) is 16.3 Å². The Balaban J connectivity index is 2.64. The molecule has 0 saturated carbocycles. The summed E-state index contributed by atoms with van der Waals surface area (Å²) in [4.78, 5) is 4.15. The SMILES string of the molecule is COCC(C)(C)Nc1ccc(Cl)cn1. The fraction of sp³-hybridized carbons (Fsp3) is 0.500. The van der Waals surface area contributed by atoms with Crippen LogP contribution in [-0.4, -0.2) is 24.2 Å². The minimum atomic E-state index is -0.129. The standard InChI is InChI=1S/C10H15ClN2O/c1-10(2,7-14-3)13-9-5-4-8(11)6-12-9/h4-6H,7H2,1-3H3,(H,12,13). The second kappa shape index (κ2) is 4.62. The topological polar surface area (TPSA) is 34.1 Å². The Hall–Kier alpha value is -0.800. The van der Waals surface area contributed by atoms with Crippen LogP contribution in [0.1, 0.15) is 13.8 Å². The fourth-order valence-corrected chi connectivity index (χ4v) is 1.31. The van der Waals surface area contributed by atoms with Crippen LogP contribution in [0.5, 0.6) is 0 Å². The molecule has 0 aliphatic rings. The van der Waals surface area contributed by atoms with Crippen molar-refractivity contribution in [2.45, 2.75) is 19.4 Å². The highest BCUT2D eigenvalue weighted by molar-refractivity contribution is 6.30. The van der Waals surface area contributed by atoms with Crippen molar-refractivity contribution in [3.63, 3.8) is 0 Å². The fourth-order valence-electron chi connectivity index (χ4n) is 1.19. The molecule has 1 N–H and O–H groups in total. The molecule has 0 atom stereocenters. The van der Waals surface area contributed by atoms with Crippen molar-refractivity contribution >= 4 is 17.4 Å². The number of pyridine rings is 1. The Bertz CT molecular complexity index is 285. The Kier molecular flexibility index (Phi) is 3.72. The van der Waals surface area contributed by atoms with Gasteiger partial charge in [-0.25, -0.2) is 4.98 Å². The molecule has 1 aromatic rings. The number of hydrogen-bond donors (Lipinski definition) is 1. The molecule has 0 fully saturated rings. The van der Waals surface area contributed by atoms with Crippen LogP contribution in [0, 0.1) is 0 Å². The maximum Gasteiger partial charge on any atom is 0.126 e. The Morgan fingerprint density at radius 2 is 2.21 bits per heavy atom. The van der Waals surface area contributed by atoms with E-state index in [2.05, 4.69) is 10.3 Å². The summed E-state index contributed by atoms with van der Waals surface area (Å²) in [7, 11) is 1.68. The average molecular weight is 215 g/mol. The number of anilines is 1. The molecule has 0 aliphatic carbocycles. The van der Waals surface area contributed by atoms with Crippen molar-refractivity contribution < 1.29 is 4.74 Å². The summed E-state index contributed by atoms with van der Waals surface area (Å²) in [6.45, 7) is 4.72. The summed E-state index contributed by atoms with van der Waals surface area (Å²) in [5, 5.41) is 3.89. The lowest BCUT2D eigenvalue weighted by atomic mass is 10.1. The first-order chi connectivity index (χ1) is 6.53. The van der Waals surface area contributed by atoms with Crippen LogP contribution in [0.4, 0.5) is 5.82 Å². The third-order valence-corrected chi connectivity index (χ3v) is 1.92. The number of nitrogens with zero attached hydrogens (tertiary/aromatic N) is 1. The minimum absolute atomic E-state index is 0.129. The molecule has 14 heavy (non-hydrogen) atoms. The summed E-state index contributed by atoms with van der Waals surface area (Å²) in [6.07, 6.45) is 1.62. The molecule has 0 aliphatic heterocycles. The molecule has 0 aromatic carbocycles. The van der Waals surface area contributed by atoms with Gasteiger partial charge in [0.15, 0.2) is 0 Å². The van der Waals surface area contributed by atoms with Gasteiger partial charge in [-0.3, -0.25) is 0 Å². The van der Waals surface area contributed by atoms with E-state index in [0.717, 1.165) is 5.82 Å². The zero-order valence-corrected chi connectivity index (χ0v) is 9.43. The number of aromatic nitrogens is 1. The number of methoxy groups -OCH3 is 1. The molecule has 1 rings (SSSR count). The van der Waals surface area contributed by atoms with E-state index in [0.29, 0.717) is 11.6 Å². The van der Waals surface area contributed by atoms with Crippen LogP contribution in [0.15, 0.2) is 18.3 Å². The molecule has 0 saturated heterocycles. The second-order valence-electron chi connectivity index (χ2n) is 3.80. The normalized spacial score (nSPS) is 11.4. The summed E-state index contributed by atoms with van der Waals surface area (Å²) in [6, 6.07) is 3.65. The molecule has 4 heteroatoms.